The van der Waals surface area contributed by atoms with E-state index in [0.29, 0.717) is 70.5 Å². The summed E-state index contributed by atoms with van der Waals surface area (Å²) in [7, 11) is 4.54. The first-order valence-corrected chi connectivity index (χ1v) is 14.2. The molecular formula is C30H26Cl2N2O6S. The minimum absolute atomic E-state index is 0.117. The molecule has 0 spiro atoms. The first-order valence-electron chi connectivity index (χ1n) is 12.6. The zero-order chi connectivity index (χ0) is 29.4. The number of halogens is 2. The van der Waals surface area contributed by atoms with Crippen molar-refractivity contribution in [2.75, 3.05) is 21.3 Å². The smallest absolute Gasteiger partial charge is 0.271 e. The molecule has 2 aromatic heterocycles. The monoisotopic (exact) mass is 612 g/mol. The van der Waals surface area contributed by atoms with Crippen molar-refractivity contribution in [2.45, 2.75) is 26.3 Å². The lowest BCUT2D eigenvalue weighted by Gasteiger charge is -2.26. The maximum Gasteiger partial charge on any atom is 0.271 e. The Hall–Kier alpha value is -3.79. The zero-order valence-electron chi connectivity index (χ0n) is 22.9. The molecule has 0 radical (unpaired) electrons. The van der Waals surface area contributed by atoms with Crippen LogP contribution in [0.25, 0.3) is 17.4 Å². The molecular weight excluding hydrogens is 587 g/mol. The summed E-state index contributed by atoms with van der Waals surface area (Å²) in [6.45, 7) is 3.55. The van der Waals surface area contributed by atoms with Gasteiger partial charge in [-0.25, -0.2) is 4.99 Å². The van der Waals surface area contributed by atoms with Crippen molar-refractivity contribution >= 4 is 46.4 Å². The van der Waals surface area contributed by atoms with Gasteiger partial charge in [-0.05, 0) is 48.9 Å². The Kier molecular flexibility index (Phi) is 8.13. The Morgan fingerprint density at radius 1 is 1.10 bits per heavy atom. The highest BCUT2D eigenvalue weighted by atomic mass is 35.5. The summed E-state index contributed by atoms with van der Waals surface area (Å²) in [5.41, 5.74) is 1.91. The Bertz CT molecular complexity index is 1860. The van der Waals surface area contributed by atoms with E-state index in [-0.39, 0.29) is 17.8 Å². The second-order valence-electron chi connectivity index (χ2n) is 9.12. The fourth-order valence-electron chi connectivity index (χ4n) is 4.84. The highest BCUT2D eigenvalue weighted by Gasteiger charge is 2.33. The molecule has 5 rings (SSSR count). The molecule has 0 fully saturated rings. The van der Waals surface area contributed by atoms with E-state index < -0.39 is 6.04 Å². The maximum absolute atomic E-state index is 14.0. The van der Waals surface area contributed by atoms with Crippen LogP contribution >= 0.6 is 34.5 Å². The number of hydrogen-bond acceptors (Lipinski definition) is 8. The van der Waals surface area contributed by atoms with Crippen LogP contribution in [0.15, 0.2) is 67.9 Å². The number of methoxy groups -OCH3 is 3. The molecule has 3 heterocycles. The molecule has 0 N–H and O–H groups in total. The van der Waals surface area contributed by atoms with Crippen LogP contribution in [-0.4, -0.2) is 31.7 Å². The van der Waals surface area contributed by atoms with Crippen LogP contribution in [0.1, 0.15) is 37.6 Å². The third kappa shape index (κ3) is 5.09. The number of fused-ring (bicyclic) bond motifs is 1. The van der Waals surface area contributed by atoms with Gasteiger partial charge in [0.15, 0.2) is 22.1 Å². The van der Waals surface area contributed by atoms with E-state index in [9.17, 15) is 9.59 Å². The van der Waals surface area contributed by atoms with Crippen LogP contribution in [0.3, 0.4) is 0 Å². The predicted molar refractivity (Wildman–Crippen MR) is 159 cm³/mol. The molecule has 8 nitrogen and oxygen atoms in total. The summed E-state index contributed by atoms with van der Waals surface area (Å²) >= 11 is 13.7. The van der Waals surface area contributed by atoms with Crippen molar-refractivity contribution in [3.63, 3.8) is 0 Å². The Morgan fingerprint density at radius 2 is 1.80 bits per heavy atom. The molecule has 0 saturated carbocycles. The topological polar surface area (TPSA) is 92.3 Å². The summed E-state index contributed by atoms with van der Waals surface area (Å²) in [6.07, 6.45) is 1.90. The molecule has 41 heavy (non-hydrogen) atoms. The molecule has 0 amide bonds. The molecule has 2 aromatic carbocycles. The zero-order valence-corrected chi connectivity index (χ0v) is 25.2. The number of benzene rings is 2. The van der Waals surface area contributed by atoms with Crippen molar-refractivity contribution < 1.29 is 23.4 Å². The Balaban J connectivity index is 1.70. The molecule has 11 heteroatoms. The lowest BCUT2D eigenvalue weighted by atomic mass is 9.91. The number of hydrogen-bond donors (Lipinski definition) is 0. The Morgan fingerprint density at radius 3 is 2.44 bits per heavy atom. The third-order valence-electron chi connectivity index (χ3n) is 6.76. The van der Waals surface area contributed by atoms with Gasteiger partial charge < -0.3 is 18.6 Å². The largest absolute Gasteiger partial charge is 0.493 e. The first kappa shape index (κ1) is 28.7. The number of furan rings is 1. The number of carbonyl (C=O) groups is 1. The van der Waals surface area contributed by atoms with Gasteiger partial charge in [-0.2, -0.15) is 0 Å². The lowest BCUT2D eigenvalue weighted by Crippen LogP contribution is -2.39. The normalized spacial score (nSPS) is 15.0. The number of nitrogens with zero attached hydrogens (tertiary/aromatic N) is 2. The highest BCUT2D eigenvalue weighted by Crippen LogP contribution is 2.42. The molecule has 1 atom stereocenters. The van der Waals surface area contributed by atoms with E-state index in [0.717, 1.165) is 0 Å². The van der Waals surface area contributed by atoms with Crippen LogP contribution in [0.5, 0.6) is 17.2 Å². The van der Waals surface area contributed by atoms with Crippen LogP contribution in [0, 0.1) is 0 Å². The van der Waals surface area contributed by atoms with Gasteiger partial charge in [0.1, 0.15) is 11.5 Å². The number of carbonyl (C=O) groups excluding carboxylic acids is 1. The van der Waals surface area contributed by atoms with Gasteiger partial charge in [0.05, 0.1) is 41.9 Å². The van der Waals surface area contributed by atoms with Crippen LogP contribution in [0.2, 0.25) is 10.0 Å². The molecule has 4 aromatic rings. The fraction of sp³-hybridized carbons (Fsp3) is 0.233. The quantitative estimate of drug-likeness (QED) is 0.249. The van der Waals surface area contributed by atoms with Gasteiger partial charge in [0, 0.05) is 29.3 Å². The summed E-state index contributed by atoms with van der Waals surface area (Å²) in [4.78, 5) is 32.3. The molecule has 0 saturated heterocycles. The van der Waals surface area contributed by atoms with E-state index in [1.165, 1.54) is 37.2 Å². The van der Waals surface area contributed by atoms with Gasteiger partial charge in [-0.3, -0.25) is 14.2 Å². The van der Waals surface area contributed by atoms with Crippen molar-refractivity contribution in [3.05, 3.63) is 94.8 Å². The summed E-state index contributed by atoms with van der Waals surface area (Å²) in [5.74, 6) is 2.07. The van der Waals surface area contributed by atoms with Crippen LogP contribution < -0.4 is 29.1 Å². The second kappa shape index (κ2) is 11.6. The average molecular weight is 614 g/mol. The third-order valence-corrected chi connectivity index (χ3v) is 8.57. The van der Waals surface area contributed by atoms with E-state index in [4.69, 9.17) is 41.8 Å². The van der Waals surface area contributed by atoms with E-state index >= 15 is 0 Å². The summed E-state index contributed by atoms with van der Waals surface area (Å²) in [5, 5.41) is 0.790. The Labute approximate surface area is 249 Å². The number of allylic oxidation sites excluding steroid dienone is 2. The van der Waals surface area contributed by atoms with Crippen LogP contribution in [0.4, 0.5) is 0 Å². The number of rotatable bonds is 8. The molecule has 0 bridgehead atoms. The predicted octanol–water partition coefficient (Wildman–Crippen LogP) is 5.81. The van der Waals surface area contributed by atoms with E-state index in [2.05, 4.69) is 4.99 Å². The number of Topliss-reactive ketones (excluding diaryl/α,β-unsaturated/α-hetero) is 1. The number of ether oxygens (including phenoxy) is 3. The second-order valence-corrected chi connectivity index (χ2v) is 10.9. The maximum atomic E-state index is 14.0. The average Bonchev–Trinajstić information content (AvgIpc) is 3.56. The molecule has 0 aliphatic carbocycles. The minimum Gasteiger partial charge on any atom is -0.493 e. The van der Waals surface area contributed by atoms with Gasteiger partial charge in [0.25, 0.3) is 5.56 Å². The molecule has 1 aliphatic rings. The van der Waals surface area contributed by atoms with Gasteiger partial charge >= 0.3 is 0 Å². The first-order chi connectivity index (χ1) is 19.7. The van der Waals surface area contributed by atoms with Crippen molar-refractivity contribution in [1.29, 1.82) is 0 Å². The number of thiazole rings is 1. The van der Waals surface area contributed by atoms with Crippen molar-refractivity contribution in [1.82, 2.24) is 4.57 Å². The minimum atomic E-state index is -0.757. The van der Waals surface area contributed by atoms with Crippen LogP contribution in [-0.2, 0) is 4.79 Å². The fourth-order valence-corrected chi connectivity index (χ4v) is 6.26. The summed E-state index contributed by atoms with van der Waals surface area (Å²) in [6, 6.07) is 11.5. The van der Waals surface area contributed by atoms with Crippen molar-refractivity contribution in [3.8, 4) is 28.6 Å². The SMILES string of the molecule is CCC(=O)C1=C(C)N=c2s/c(=C\c3ccc(-c4cccc(Cl)c4Cl)o3)c(=O)n2C1c1cc(OC)c(OC)c(OC)c1. The van der Waals surface area contributed by atoms with Gasteiger partial charge in [-0.1, -0.05) is 47.5 Å². The molecule has 1 unspecified atom stereocenters. The number of aromatic nitrogens is 1. The standard InChI is InChI=1S/C30H26Cl2N2O6S/c1-6-20(35)25-15(2)33-30-34(27(25)16-12-22(37-3)28(39-5)23(13-16)38-4)29(36)24(41-30)14-17-10-11-21(40-17)18-8-7-9-19(31)26(18)32/h7-14,27H,6H2,1-5H3/b24-14-. The molecule has 1 aliphatic heterocycles. The van der Waals surface area contributed by atoms with Gasteiger partial charge in [-0.15, -0.1) is 0 Å². The summed E-state index contributed by atoms with van der Waals surface area (Å²) < 4.78 is 24.5. The van der Waals surface area contributed by atoms with Gasteiger partial charge in [0.2, 0.25) is 5.75 Å². The van der Waals surface area contributed by atoms with Crippen molar-refractivity contribution in [2.24, 2.45) is 4.99 Å². The van der Waals surface area contributed by atoms with E-state index in [1.54, 1.807) is 62.4 Å². The number of ketones is 1. The molecule has 212 valence electrons. The highest BCUT2D eigenvalue weighted by molar-refractivity contribution is 7.07. The van der Waals surface area contributed by atoms with E-state index in [1.807, 2.05) is 0 Å². The lowest BCUT2D eigenvalue weighted by molar-refractivity contribution is -0.115.